The molecule has 0 amide bonds. The highest BCUT2D eigenvalue weighted by Crippen LogP contribution is 2.32. The summed E-state index contributed by atoms with van der Waals surface area (Å²) < 4.78 is 11.6. The van der Waals surface area contributed by atoms with Gasteiger partial charge in [-0.15, -0.1) is 0 Å². The largest absolute Gasteiger partial charge is 0.493 e. The Hall–Kier alpha value is -2.00. The SMILES string of the molecule is CCC(NCc1cccc(OC)c1OCCC(C)C)c1ccccc1. The van der Waals surface area contributed by atoms with Gasteiger partial charge in [0.1, 0.15) is 0 Å². The number of para-hydroxylation sites is 1. The van der Waals surface area contributed by atoms with Gasteiger partial charge < -0.3 is 14.8 Å². The summed E-state index contributed by atoms with van der Waals surface area (Å²) in [7, 11) is 1.70. The molecule has 2 aromatic carbocycles. The summed E-state index contributed by atoms with van der Waals surface area (Å²) in [4.78, 5) is 0. The second-order valence-corrected chi connectivity index (χ2v) is 6.73. The Balaban J connectivity index is 2.09. The number of benzene rings is 2. The van der Waals surface area contributed by atoms with Crippen LogP contribution in [0.25, 0.3) is 0 Å². The smallest absolute Gasteiger partial charge is 0.165 e. The minimum atomic E-state index is 0.330. The fraction of sp³-hybridized carbons (Fsp3) is 0.455. The minimum Gasteiger partial charge on any atom is -0.493 e. The first-order valence-corrected chi connectivity index (χ1v) is 9.22. The van der Waals surface area contributed by atoms with Crippen molar-refractivity contribution >= 4 is 0 Å². The van der Waals surface area contributed by atoms with Gasteiger partial charge in [0.2, 0.25) is 0 Å². The first-order chi connectivity index (χ1) is 12.2. The third-order valence-electron chi connectivity index (χ3n) is 4.37. The van der Waals surface area contributed by atoms with Gasteiger partial charge in [0.05, 0.1) is 13.7 Å². The van der Waals surface area contributed by atoms with E-state index in [1.165, 1.54) is 5.56 Å². The van der Waals surface area contributed by atoms with E-state index in [1.807, 2.05) is 12.1 Å². The zero-order valence-electron chi connectivity index (χ0n) is 15.9. The van der Waals surface area contributed by atoms with Gasteiger partial charge in [0, 0.05) is 18.2 Å². The zero-order chi connectivity index (χ0) is 18.1. The number of hydrogen-bond donors (Lipinski definition) is 1. The molecule has 0 saturated heterocycles. The Morgan fingerprint density at radius 3 is 2.40 bits per heavy atom. The third kappa shape index (κ3) is 5.79. The fourth-order valence-electron chi connectivity index (χ4n) is 2.84. The molecular weight excluding hydrogens is 310 g/mol. The maximum absolute atomic E-state index is 6.08. The molecule has 1 unspecified atom stereocenters. The van der Waals surface area contributed by atoms with Crippen molar-refractivity contribution in [2.24, 2.45) is 5.92 Å². The third-order valence-corrected chi connectivity index (χ3v) is 4.37. The van der Waals surface area contributed by atoms with Crippen LogP contribution in [0.15, 0.2) is 48.5 Å². The quantitative estimate of drug-likeness (QED) is 0.631. The van der Waals surface area contributed by atoms with E-state index < -0.39 is 0 Å². The highest BCUT2D eigenvalue weighted by Gasteiger charge is 2.13. The molecule has 0 aliphatic heterocycles. The molecule has 0 heterocycles. The number of methoxy groups -OCH3 is 1. The Bertz CT molecular complexity index is 625. The molecule has 2 aromatic rings. The molecule has 25 heavy (non-hydrogen) atoms. The summed E-state index contributed by atoms with van der Waals surface area (Å²) >= 11 is 0. The van der Waals surface area contributed by atoms with E-state index in [2.05, 4.69) is 62.5 Å². The van der Waals surface area contributed by atoms with E-state index in [0.717, 1.165) is 36.4 Å². The van der Waals surface area contributed by atoms with Gasteiger partial charge in [-0.3, -0.25) is 0 Å². The summed E-state index contributed by atoms with van der Waals surface area (Å²) in [5.41, 5.74) is 2.45. The van der Waals surface area contributed by atoms with Crippen molar-refractivity contribution in [2.45, 2.75) is 46.2 Å². The van der Waals surface area contributed by atoms with Gasteiger partial charge in [-0.2, -0.15) is 0 Å². The summed E-state index contributed by atoms with van der Waals surface area (Å²) in [6.45, 7) is 8.08. The van der Waals surface area contributed by atoms with Gasteiger partial charge in [-0.1, -0.05) is 63.2 Å². The Labute approximate surface area is 152 Å². The minimum absolute atomic E-state index is 0.330. The van der Waals surface area contributed by atoms with Crippen molar-refractivity contribution in [1.29, 1.82) is 0 Å². The van der Waals surface area contributed by atoms with Crippen LogP contribution in [0.1, 0.15) is 50.8 Å². The number of ether oxygens (including phenoxy) is 2. The molecule has 2 rings (SSSR count). The van der Waals surface area contributed by atoms with E-state index in [4.69, 9.17) is 9.47 Å². The van der Waals surface area contributed by atoms with Crippen LogP contribution in [0.2, 0.25) is 0 Å². The lowest BCUT2D eigenvalue weighted by molar-refractivity contribution is 0.269. The molecule has 0 aliphatic rings. The highest BCUT2D eigenvalue weighted by molar-refractivity contribution is 5.46. The number of rotatable bonds is 10. The normalized spacial score (nSPS) is 12.2. The lowest BCUT2D eigenvalue weighted by atomic mass is 10.0. The van der Waals surface area contributed by atoms with Crippen LogP contribution in [-0.2, 0) is 6.54 Å². The van der Waals surface area contributed by atoms with E-state index >= 15 is 0 Å². The van der Waals surface area contributed by atoms with Crippen LogP contribution in [0.5, 0.6) is 11.5 Å². The van der Waals surface area contributed by atoms with Gasteiger partial charge in [0.25, 0.3) is 0 Å². The maximum Gasteiger partial charge on any atom is 0.165 e. The standard InChI is InChI=1S/C22H31NO2/c1-5-20(18-10-7-6-8-11-18)23-16-19-12-9-13-21(24-4)22(19)25-15-14-17(2)3/h6-13,17,20,23H,5,14-16H2,1-4H3. The average molecular weight is 341 g/mol. The lowest BCUT2D eigenvalue weighted by Crippen LogP contribution is -2.21. The predicted molar refractivity (Wildman–Crippen MR) is 104 cm³/mol. The van der Waals surface area contributed by atoms with Crippen molar-refractivity contribution in [2.75, 3.05) is 13.7 Å². The lowest BCUT2D eigenvalue weighted by Gasteiger charge is -2.20. The Kier molecular flexibility index (Phi) is 7.80. The van der Waals surface area contributed by atoms with E-state index in [-0.39, 0.29) is 0 Å². The van der Waals surface area contributed by atoms with Crippen molar-refractivity contribution in [3.8, 4) is 11.5 Å². The predicted octanol–water partition coefficient (Wildman–Crippen LogP) is 5.36. The second-order valence-electron chi connectivity index (χ2n) is 6.73. The average Bonchev–Trinajstić information content (AvgIpc) is 2.63. The summed E-state index contributed by atoms with van der Waals surface area (Å²) in [6, 6.07) is 17.0. The molecule has 0 aliphatic carbocycles. The second kappa shape index (κ2) is 10.1. The summed E-state index contributed by atoms with van der Waals surface area (Å²) in [6.07, 6.45) is 2.07. The Morgan fingerprint density at radius 1 is 1.00 bits per heavy atom. The number of nitrogens with one attached hydrogen (secondary N) is 1. The van der Waals surface area contributed by atoms with Gasteiger partial charge in [0.15, 0.2) is 11.5 Å². The molecule has 3 nitrogen and oxygen atoms in total. The van der Waals surface area contributed by atoms with Gasteiger partial charge in [-0.25, -0.2) is 0 Å². The summed E-state index contributed by atoms with van der Waals surface area (Å²) in [5.74, 6) is 2.29. The first-order valence-electron chi connectivity index (χ1n) is 9.22. The topological polar surface area (TPSA) is 30.5 Å². The number of hydrogen-bond acceptors (Lipinski definition) is 3. The molecule has 0 aromatic heterocycles. The van der Waals surface area contributed by atoms with E-state index in [1.54, 1.807) is 7.11 Å². The molecule has 0 radical (unpaired) electrons. The van der Waals surface area contributed by atoms with Crippen LogP contribution in [0.4, 0.5) is 0 Å². The van der Waals surface area contributed by atoms with Crippen molar-refractivity contribution in [3.63, 3.8) is 0 Å². The highest BCUT2D eigenvalue weighted by atomic mass is 16.5. The van der Waals surface area contributed by atoms with Crippen molar-refractivity contribution in [3.05, 3.63) is 59.7 Å². The van der Waals surface area contributed by atoms with Gasteiger partial charge in [-0.05, 0) is 30.4 Å². The van der Waals surface area contributed by atoms with Crippen LogP contribution in [0.3, 0.4) is 0 Å². The van der Waals surface area contributed by atoms with Crippen LogP contribution >= 0.6 is 0 Å². The van der Waals surface area contributed by atoms with Crippen LogP contribution < -0.4 is 14.8 Å². The summed E-state index contributed by atoms with van der Waals surface area (Å²) in [5, 5.41) is 3.66. The van der Waals surface area contributed by atoms with Crippen LogP contribution in [-0.4, -0.2) is 13.7 Å². The molecule has 0 bridgehead atoms. The monoisotopic (exact) mass is 341 g/mol. The molecule has 3 heteroatoms. The van der Waals surface area contributed by atoms with E-state index in [0.29, 0.717) is 18.6 Å². The molecular formula is C22H31NO2. The van der Waals surface area contributed by atoms with Gasteiger partial charge >= 0.3 is 0 Å². The molecule has 0 fully saturated rings. The first kappa shape index (κ1) is 19.3. The van der Waals surface area contributed by atoms with Crippen LogP contribution in [0, 0.1) is 5.92 Å². The molecule has 1 N–H and O–H groups in total. The van der Waals surface area contributed by atoms with Crippen molar-refractivity contribution in [1.82, 2.24) is 5.32 Å². The maximum atomic E-state index is 6.08. The molecule has 0 saturated carbocycles. The molecule has 136 valence electrons. The molecule has 1 atom stereocenters. The van der Waals surface area contributed by atoms with Crippen molar-refractivity contribution < 1.29 is 9.47 Å². The Morgan fingerprint density at radius 2 is 1.76 bits per heavy atom. The van der Waals surface area contributed by atoms with E-state index in [9.17, 15) is 0 Å². The zero-order valence-corrected chi connectivity index (χ0v) is 15.9. The fourth-order valence-corrected chi connectivity index (χ4v) is 2.84. The molecule has 0 spiro atoms.